The molecule has 3 rings (SSSR count). The van der Waals surface area contributed by atoms with Gasteiger partial charge in [-0.2, -0.15) is 0 Å². The Hall–Kier alpha value is -3.35. The van der Waals surface area contributed by atoms with Gasteiger partial charge in [-0.3, -0.25) is 10.1 Å². The number of rotatable bonds is 4. The molecule has 3 aromatic rings. The van der Waals surface area contributed by atoms with Gasteiger partial charge >= 0.3 is 5.69 Å². The largest absolute Gasteiger partial charge is 0.543 e. The molecule has 0 N–H and O–H groups in total. The number of para-hydroxylation sites is 3. The third-order valence-electron chi connectivity index (χ3n) is 3.53. The lowest BCUT2D eigenvalue weighted by Gasteiger charge is -2.10. The van der Waals surface area contributed by atoms with Gasteiger partial charge in [-0.1, -0.05) is 24.3 Å². The van der Waals surface area contributed by atoms with E-state index < -0.39 is 10.9 Å². The molecular weight excluding hydrogens is 300 g/mol. The maximum absolute atomic E-state index is 11.5. The van der Waals surface area contributed by atoms with Crippen molar-refractivity contribution in [3.05, 3.63) is 64.3 Å². The van der Waals surface area contributed by atoms with Gasteiger partial charge in [0.05, 0.1) is 16.4 Å². The van der Waals surface area contributed by atoms with E-state index in [9.17, 15) is 20.0 Å². The van der Waals surface area contributed by atoms with Crippen LogP contribution in [-0.2, 0) is 7.05 Å². The molecule has 0 saturated carbocycles. The summed E-state index contributed by atoms with van der Waals surface area (Å²) in [5.41, 5.74) is 0.203. The number of aryl methyl sites for hydroxylation is 1. The summed E-state index contributed by atoms with van der Waals surface area (Å²) in [6, 6.07) is 12.7. The molecule has 0 amide bonds. The second-order valence-corrected chi connectivity index (χ2v) is 4.87. The minimum absolute atomic E-state index is 0.0254. The van der Waals surface area contributed by atoms with Crippen LogP contribution >= 0.6 is 0 Å². The summed E-state index contributed by atoms with van der Waals surface area (Å²) in [6.45, 7) is 0. The number of carbonyl (C=O) groups is 1. The van der Waals surface area contributed by atoms with E-state index in [-0.39, 0.29) is 22.9 Å². The molecule has 0 atom stereocenters. The van der Waals surface area contributed by atoms with E-state index >= 15 is 0 Å². The number of carbonyl (C=O) groups excluding carboxylic acids is 1. The third-order valence-corrected chi connectivity index (χ3v) is 3.53. The van der Waals surface area contributed by atoms with Crippen molar-refractivity contribution < 1.29 is 19.6 Å². The summed E-state index contributed by atoms with van der Waals surface area (Å²) in [6.07, 6.45) is 0. The van der Waals surface area contributed by atoms with Crippen molar-refractivity contribution in [2.75, 3.05) is 0 Å². The van der Waals surface area contributed by atoms with Crippen molar-refractivity contribution in [2.24, 2.45) is 7.05 Å². The second kappa shape index (κ2) is 5.45. The molecule has 0 radical (unpaired) electrons. The average molecular weight is 311 g/mol. The number of nitro benzene ring substituents is 1. The van der Waals surface area contributed by atoms with Gasteiger partial charge in [0.2, 0.25) is 5.75 Å². The first kappa shape index (κ1) is 14.6. The van der Waals surface area contributed by atoms with E-state index in [1.165, 1.54) is 22.8 Å². The Kier molecular flexibility index (Phi) is 3.46. The number of ether oxygens (including phenoxy) is 1. The van der Waals surface area contributed by atoms with Crippen LogP contribution in [0.15, 0.2) is 48.5 Å². The zero-order valence-electron chi connectivity index (χ0n) is 12.1. The van der Waals surface area contributed by atoms with Crippen LogP contribution in [0.2, 0.25) is 0 Å². The second-order valence-electron chi connectivity index (χ2n) is 4.87. The number of aromatic nitrogens is 1. The predicted octanol–water partition coefficient (Wildman–Crippen LogP) is 2.24. The van der Waals surface area contributed by atoms with Crippen LogP contribution in [0, 0.1) is 10.1 Å². The van der Waals surface area contributed by atoms with Gasteiger partial charge in [0.15, 0.2) is 5.75 Å². The molecule has 0 unspecified atom stereocenters. The molecule has 0 aliphatic heterocycles. The number of carboxylic acid groups (broad SMARTS) is 1. The molecule has 0 bridgehead atoms. The molecule has 23 heavy (non-hydrogen) atoms. The highest BCUT2D eigenvalue weighted by molar-refractivity contribution is 6.00. The topological polar surface area (TPSA) is 97.4 Å². The lowest BCUT2D eigenvalue weighted by Crippen LogP contribution is -2.25. The van der Waals surface area contributed by atoms with Crippen LogP contribution in [0.5, 0.6) is 11.5 Å². The maximum atomic E-state index is 11.5. The number of carboxylic acids is 1. The van der Waals surface area contributed by atoms with Gasteiger partial charge in [0.1, 0.15) is 5.69 Å². The highest BCUT2D eigenvalue weighted by atomic mass is 16.6. The Balaban J connectivity index is 2.23. The lowest BCUT2D eigenvalue weighted by atomic mass is 10.2. The molecule has 1 aromatic heterocycles. The van der Waals surface area contributed by atoms with Gasteiger partial charge in [-0.25, -0.2) is 0 Å². The zero-order valence-corrected chi connectivity index (χ0v) is 12.1. The average Bonchev–Trinajstić information content (AvgIpc) is 2.81. The fourth-order valence-electron chi connectivity index (χ4n) is 2.50. The van der Waals surface area contributed by atoms with Crippen molar-refractivity contribution in [1.82, 2.24) is 4.57 Å². The van der Waals surface area contributed by atoms with Crippen LogP contribution in [0.3, 0.4) is 0 Å². The number of hydrogen-bond donors (Lipinski definition) is 0. The van der Waals surface area contributed by atoms with E-state index in [1.807, 2.05) is 0 Å². The summed E-state index contributed by atoms with van der Waals surface area (Å²) < 4.78 is 7.04. The summed E-state index contributed by atoms with van der Waals surface area (Å²) in [5, 5.41) is 23.1. The lowest BCUT2D eigenvalue weighted by molar-refractivity contribution is -0.385. The molecule has 1 heterocycles. The summed E-state index contributed by atoms with van der Waals surface area (Å²) in [4.78, 5) is 22.0. The van der Waals surface area contributed by atoms with Gasteiger partial charge in [0.25, 0.3) is 0 Å². The quantitative estimate of drug-likeness (QED) is 0.543. The first-order valence-corrected chi connectivity index (χ1v) is 6.70. The third kappa shape index (κ3) is 2.38. The van der Waals surface area contributed by atoms with E-state index in [0.29, 0.717) is 10.9 Å². The molecule has 7 nitrogen and oxygen atoms in total. The predicted molar refractivity (Wildman–Crippen MR) is 80.4 cm³/mol. The number of hydrogen-bond acceptors (Lipinski definition) is 5. The Labute approximate surface area is 130 Å². The van der Waals surface area contributed by atoms with Crippen LogP contribution in [0.25, 0.3) is 10.9 Å². The number of benzene rings is 2. The normalized spacial score (nSPS) is 10.7. The molecule has 7 heteroatoms. The van der Waals surface area contributed by atoms with E-state index in [1.54, 1.807) is 37.4 Å². The van der Waals surface area contributed by atoms with E-state index in [4.69, 9.17) is 4.74 Å². The highest BCUT2D eigenvalue weighted by Gasteiger charge is 2.21. The monoisotopic (exact) mass is 311 g/mol. The van der Waals surface area contributed by atoms with Crippen LogP contribution in [-0.4, -0.2) is 15.5 Å². The van der Waals surface area contributed by atoms with Crippen molar-refractivity contribution in [1.29, 1.82) is 0 Å². The maximum Gasteiger partial charge on any atom is 0.311 e. The summed E-state index contributed by atoms with van der Waals surface area (Å²) in [5.74, 6) is -1.42. The fourth-order valence-corrected chi connectivity index (χ4v) is 2.50. The van der Waals surface area contributed by atoms with Gasteiger partial charge < -0.3 is 19.2 Å². The van der Waals surface area contributed by atoms with Crippen molar-refractivity contribution in [3.63, 3.8) is 0 Å². The smallest absolute Gasteiger partial charge is 0.311 e. The molecule has 0 aliphatic carbocycles. The van der Waals surface area contributed by atoms with E-state index in [2.05, 4.69) is 0 Å². The standard InChI is InChI=1S/C16H12N2O5/c1-17-11-7-3-2-6-10(11)15(14(17)16(19)20)23-13-9-5-4-8-12(13)18(21)22/h2-9H,1H3,(H,19,20)/p-1. The summed E-state index contributed by atoms with van der Waals surface area (Å²) in [7, 11) is 1.57. The Morgan fingerprint density at radius 3 is 2.48 bits per heavy atom. The number of nitrogens with zero attached hydrogens (tertiary/aromatic N) is 2. The molecular formula is C16H11N2O5-. The molecule has 2 aromatic carbocycles. The Morgan fingerprint density at radius 1 is 1.13 bits per heavy atom. The minimum Gasteiger partial charge on any atom is -0.543 e. The number of nitro groups is 1. The zero-order chi connectivity index (χ0) is 16.6. The van der Waals surface area contributed by atoms with Crippen molar-refractivity contribution >= 4 is 22.6 Å². The van der Waals surface area contributed by atoms with Crippen molar-refractivity contribution in [2.45, 2.75) is 0 Å². The molecule has 0 aliphatic rings. The molecule has 0 fully saturated rings. The number of aromatic carboxylic acids is 1. The SMILES string of the molecule is Cn1c(C(=O)[O-])c(Oc2ccccc2[N+](=O)[O-])c2ccccc21. The van der Waals surface area contributed by atoms with Gasteiger partial charge in [-0.05, 0) is 18.2 Å². The molecule has 116 valence electrons. The number of fused-ring (bicyclic) bond motifs is 1. The van der Waals surface area contributed by atoms with Crippen LogP contribution in [0.4, 0.5) is 5.69 Å². The van der Waals surface area contributed by atoms with Crippen LogP contribution in [0.1, 0.15) is 10.5 Å². The summed E-state index contributed by atoms with van der Waals surface area (Å²) >= 11 is 0. The molecule has 0 saturated heterocycles. The Bertz CT molecular complexity index is 929. The van der Waals surface area contributed by atoms with Crippen LogP contribution < -0.4 is 9.84 Å². The van der Waals surface area contributed by atoms with Crippen molar-refractivity contribution in [3.8, 4) is 11.5 Å². The Morgan fingerprint density at radius 2 is 1.78 bits per heavy atom. The first-order chi connectivity index (χ1) is 11.0. The van der Waals surface area contributed by atoms with Gasteiger partial charge in [-0.15, -0.1) is 0 Å². The minimum atomic E-state index is -1.42. The highest BCUT2D eigenvalue weighted by Crippen LogP contribution is 2.38. The molecule has 0 spiro atoms. The fraction of sp³-hybridized carbons (Fsp3) is 0.0625. The van der Waals surface area contributed by atoms with E-state index in [0.717, 1.165) is 0 Å². The van der Waals surface area contributed by atoms with Gasteiger partial charge in [0, 0.05) is 18.5 Å². The first-order valence-electron chi connectivity index (χ1n) is 6.70.